The third kappa shape index (κ3) is 3.92. The van der Waals surface area contributed by atoms with E-state index in [1.54, 1.807) is 36.4 Å². The Balaban J connectivity index is 1.93. The van der Waals surface area contributed by atoms with Gasteiger partial charge in [0.05, 0.1) is 33.3 Å². The monoisotopic (exact) mass is 450 g/mol. The molecule has 3 aromatic rings. The lowest BCUT2D eigenvalue weighted by Gasteiger charge is -2.17. The van der Waals surface area contributed by atoms with Gasteiger partial charge in [-0.1, -0.05) is 36.4 Å². The standard InChI is InChI=1S/C25H19FO5S/c1-30-24(15-6-4-3-5-7-15)23(27)20-12-16-8-9-17(25(28)31-2)13-22(16)32(29)21-11-10-18(26)14-19(20)21/h3-14,24H,1-2H3. The number of hydrogen-bond donors (Lipinski definition) is 0. The molecule has 1 heterocycles. The number of fused-ring (bicyclic) bond motifs is 2. The van der Waals surface area contributed by atoms with Gasteiger partial charge in [-0.2, -0.15) is 0 Å². The summed E-state index contributed by atoms with van der Waals surface area (Å²) in [7, 11) is 0.922. The topological polar surface area (TPSA) is 69.7 Å². The number of carbonyl (C=O) groups is 2. The minimum atomic E-state index is -1.76. The summed E-state index contributed by atoms with van der Waals surface area (Å²) < 4.78 is 37.9. The molecule has 5 nitrogen and oxygen atoms in total. The van der Waals surface area contributed by atoms with Gasteiger partial charge in [-0.05, 0) is 47.5 Å². The quantitative estimate of drug-likeness (QED) is 0.532. The van der Waals surface area contributed by atoms with Crippen molar-refractivity contribution < 1.29 is 27.7 Å². The van der Waals surface area contributed by atoms with Crippen LogP contribution < -0.4 is 0 Å². The maximum Gasteiger partial charge on any atom is 0.337 e. The van der Waals surface area contributed by atoms with Gasteiger partial charge in [-0.3, -0.25) is 4.79 Å². The summed E-state index contributed by atoms with van der Waals surface area (Å²) in [6.07, 6.45) is 0.638. The Morgan fingerprint density at radius 3 is 2.38 bits per heavy atom. The maximum atomic E-state index is 14.2. The number of hydrogen-bond acceptors (Lipinski definition) is 5. The zero-order valence-electron chi connectivity index (χ0n) is 17.3. The van der Waals surface area contributed by atoms with Crippen LogP contribution in [0.2, 0.25) is 0 Å². The van der Waals surface area contributed by atoms with Crippen molar-refractivity contribution >= 4 is 34.2 Å². The van der Waals surface area contributed by atoms with Gasteiger partial charge < -0.3 is 9.47 Å². The van der Waals surface area contributed by atoms with E-state index in [-0.39, 0.29) is 21.6 Å². The van der Waals surface area contributed by atoms with Crippen molar-refractivity contribution in [2.24, 2.45) is 0 Å². The fraction of sp³-hybridized carbons (Fsp3) is 0.120. The van der Waals surface area contributed by atoms with Crippen LogP contribution in [0.3, 0.4) is 0 Å². The molecule has 162 valence electrons. The molecule has 2 unspecified atom stereocenters. The second-order valence-electron chi connectivity index (χ2n) is 7.10. The van der Waals surface area contributed by atoms with E-state index in [2.05, 4.69) is 0 Å². The Morgan fingerprint density at radius 2 is 1.69 bits per heavy atom. The predicted molar refractivity (Wildman–Crippen MR) is 118 cm³/mol. The van der Waals surface area contributed by atoms with Crippen LogP contribution in [0.25, 0.3) is 11.6 Å². The van der Waals surface area contributed by atoms with Gasteiger partial charge in [-0.25, -0.2) is 13.4 Å². The Hall–Kier alpha value is -3.42. The van der Waals surface area contributed by atoms with Crippen molar-refractivity contribution in [1.29, 1.82) is 0 Å². The van der Waals surface area contributed by atoms with Crippen LogP contribution >= 0.6 is 0 Å². The molecule has 0 aliphatic carbocycles. The number of methoxy groups -OCH3 is 2. The minimum absolute atomic E-state index is 0.174. The van der Waals surface area contributed by atoms with Crippen molar-refractivity contribution in [2.75, 3.05) is 14.2 Å². The summed E-state index contributed by atoms with van der Waals surface area (Å²) in [5.41, 5.74) is 1.75. The van der Waals surface area contributed by atoms with E-state index in [9.17, 15) is 18.2 Å². The molecule has 0 N–H and O–H groups in total. The van der Waals surface area contributed by atoms with Crippen molar-refractivity contribution in [3.05, 3.63) is 94.8 Å². The summed E-state index contributed by atoms with van der Waals surface area (Å²) in [6, 6.07) is 17.3. The average Bonchev–Trinajstić information content (AvgIpc) is 2.93. The van der Waals surface area contributed by atoms with Crippen molar-refractivity contribution in [3.8, 4) is 0 Å². The second-order valence-corrected chi connectivity index (χ2v) is 8.52. The molecule has 32 heavy (non-hydrogen) atoms. The van der Waals surface area contributed by atoms with Crippen LogP contribution in [0.15, 0.2) is 76.5 Å². The maximum absolute atomic E-state index is 14.2. The molecule has 2 atom stereocenters. The van der Waals surface area contributed by atoms with Crippen molar-refractivity contribution in [3.63, 3.8) is 0 Å². The third-order valence-electron chi connectivity index (χ3n) is 5.21. The first kappa shape index (κ1) is 21.8. The number of halogens is 1. The second kappa shape index (κ2) is 8.98. The Morgan fingerprint density at radius 1 is 0.938 bits per heavy atom. The molecule has 3 aromatic carbocycles. The van der Waals surface area contributed by atoms with E-state index in [4.69, 9.17) is 9.47 Å². The fourth-order valence-electron chi connectivity index (χ4n) is 3.65. The van der Waals surface area contributed by atoms with Gasteiger partial charge >= 0.3 is 5.97 Å². The van der Waals surface area contributed by atoms with Crippen LogP contribution in [0, 0.1) is 5.82 Å². The first-order valence-electron chi connectivity index (χ1n) is 9.72. The molecule has 7 heteroatoms. The Kier molecular flexibility index (Phi) is 6.12. The SMILES string of the molecule is COC(=O)c1ccc2c(c1)S(=O)c1ccc(F)cc1C(C(=O)C(OC)c1ccccc1)=C2. The van der Waals surface area contributed by atoms with Crippen molar-refractivity contribution in [2.45, 2.75) is 15.9 Å². The summed E-state index contributed by atoms with van der Waals surface area (Å²) in [6.45, 7) is 0. The van der Waals surface area contributed by atoms with E-state index >= 15 is 0 Å². The zero-order chi connectivity index (χ0) is 22.8. The number of ether oxygens (including phenoxy) is 2. The zero-order valence-corrected chi connectivity index (χ0v) is 18.1. The highest BCUT2D eigenvalue weighted by atomic mass is 32.2. The van der Waals surface area contributed by atoms with Crippen LogP contribution in [0.4, 0.5) is 4.39 Å². The molecule has 0 saturated carbocycles. The summed E-state index contributed by atoms with van der Waals surface area (Å²) in [5, 5.41) is 0. The highest BCUT2D eigenvalue weighted by Gasteiger charge is 2.30. The molecule has 0 aromatic heterocycles. The minimum Gasteiger partial charge on any atom is -0.465 e. The number of benzene rings is 3. The first-order valence-corrected chi connectivity index (χ1v) is 10.9. The third-order valence-corrected chi connectivity index (χ3v) is 6.72. The molecular weight excluding hydrogens is 431 g/mol. The average molecular weight is 450 g/mol. The van der Waals surface area contributed by atoms with E-state index in [0.717, 1.165) is 0 Å². The summed E-state index contributed by atoms with van der Waals surface area (Å²) >= 11 is 0. The smallest absolute Gasteiger partial charge is 0.337 e. The van der Waals surface area contributed by atoms with E-state index < -0.39 is 34.5 Å². The molecule has 4 rings (SSSR count). The first-order chi connectivity index (χ1) is 15.4. The molecule has 0 radical (unpaired) electrons. The van der Waals surface area contributed by atoms with Gasteiger partial charge in [0, 0.05) is 18.2 Å². The number of ketones is 1. The van der Waals surface area contributed by atoms with Crippen LogP contribution in [0.1, 0.15) is 33.2 Å². The normalized spacial score (nSPS) is 15.6. The lowest BCUT2D eigenvalue weighted by molar-refractivity contribution is -0.123. The Bertz CT molecular complexity index is 1270. The van der Waals surface area contributed by atoms with Crippen LogP contribution in [-0.4, -0.2) is 30.2 Å². The van der Waals surface area contributed by atoms with E-state index in [1.807, 2.05) is 6.07 Å². The summed E-state index contributed by atoms with van der Waals surface area (Å²) in [5.74, 6) is -1.53. The lowest BCUT2D eigenvalue weighted by atomic mass is 9.92. The molecule has 0 spiro atoms. The van der Waals surface area contributed by atoms with Gasteiger partial charge in [0.1, 0.15) is 11.9 Å². The molecule has 0 saturated heterocycles. The van der Waals surface area contributed by atoms with E-state index in [1.165, 1.54) is 44.6 Å². The Labute approximate surface area is 186 Å². The van der Waals surface area contributed by atoms with Gasteiger partial charge in [0.25, 0.3) is 0 Å². The van der Waals surface area contributed by atoms with Crippen molar-refractivity contribution in [1.82, 2.24) is 0 Å². The van der Waals surface area contributed by atoms with Crippen LogP contribution in [0.5, 0.6) is 0 Å². The molecule has 1 aliphatic heterocycles. The highest BCUT2D eigenvalue weighted by molar-refractivity contribution is 7.85. The van der Waals surface area contributed by atoms with E-state index in [0.29, 0.717) is 16.0 Å². The van der Waals surface area contributed by atoms with Gasteiger partial charge in [0.15, 0.2) is 5.78 Å². The van der Waals surface area contributed by atoms with Crippen LogP contribution in [-0.2, 0) is 25.1 Å². The number of carbonyl (C=O) groups excluding carboxylic acids is 2. The van der Waals surface area contributed by atoms with Gasteiger partial charge in [-0.15, -0.1) is 0 Å². The highest BCUT2D eigenvalue weighted by Crippen LogP contribution is 2.37. The van der Waals surface area contributed by atoms with Gasteiger partial charge in [0.2, 0.25) is 0 Å². The molecule has 1 aliphatic rings. The number of rotatable bonds is 5. The molecular formula is C25H19FO5S. The largest absolute Gasteiger partial charge is 0.465 e. The number of esters is 1. The fourth-order valence-corrected chi connectivity index (χ4v) is 5.02. The lowest BCUT2D eigenvalue weighted by Crippen LogP contribution is -2.16. The predicted octanol–water partition coefficient (Wildman–Crippen LogP) is 4.59. The molecule has 0 amide bonds. The molecule has 0 fully saturated rings. The summed E-state index contributed by atoms with van der Waals surface area (Å²) in [4.78, 5) is 26.2. The number of Topliss-reactive ketones (excluding diaryl/α,β-unsaturated/α-hetero) is 1. The molecule has 0 bridgehead atoms.